The molecule has 3 aromatic rings. The van der Waals surface area contributed by atoms with Crippen LogP contribution in [0.5, 0.6) is 11.5 Å². The summed E-state index contributed by atoms with van der Waals surface area (Å²) >= 11 is 0. The molecule has 32 heavy (non-hydrogen) atoms. The molecule has 9 nitrogen and oxygen atoms in total. The Morgan fingerprint density at radius 3 is 2.66 bits per heavy atom. The number of amides is 1. The molecule has 0 bridgehead atoms. The lowest BCUT2D eigenvalue weighted by atomic mass is 10.0. The number of benzene rings is 1. The molecule has 0 aliphatic carbocycles. The zero-order valence-corrected chi connectivity index (χ0v) is 18.0. The molecule has 4 heterocycles. The molecule has 1 aromatic carbocycles. The van der Waals surface area contributed by atoms with Crippen LogP contribution in [0.4, 0.5) is 5.69 Å². The zero-order valence-electron chi connectivity index (χ0n) is 18.0. The number of carbonyl (C=O) groups excluding carboxylic acids is 1. The Hall–Kier alpha value is -3.49. The van der Waals surface area contributed by atoms with Gasteiger partial charge in [0.05, 0.1) is 19.2 Å². The minimum atomic E-state index is -0.00187. The van der Waals surface area contributed by atoms with E-state index in [1.165, 1.54) is 0 Å². The number of ether oxygens (including phenoxy) is 2. The van der Waals surface area contributed by atoms with Crippen LogP contribution in [0, 0.1) is 6.92 Å². The van der Waals surface area contributed by atoms with Gasteiger partial charge in [-0.3, -0.25) is 4.79 Å². The van der Waals surface area contributed by atoms with Crippen LogP contribution in [-0.2, 0) is 17.8 Å². The Bertz CT molecular complexity index is 1060. The number of aromatic nitrogens is 2. The summed E-state index contributed by atoms with van der Waals surface area (Å²) < 4.78 is 21.7. The molecular formula is C23H26N4O5. The molecule has 1 saturated heterocycles. The first-order valence-corrected chi connectivity index (χ1v) is 10.9. The summed E-state index contributed by atoms with van der Waals surface area (Å²) in [5, 5.41) is 7.67. The molecule has 1 amide bonds. The van der Waals surface area contributed by atoms with Gasteiger partial charge in [-0.15, -0.1) is 0 Å². The van der Waals surface area contributed by atoms with Gasteiger partial charge in [-0.1, -0.05) is 10.3 Å². The predicted octanol–water partition coefficient (Wildman–Crippen LogP) is 2.98. The van der Waals surface area contributed by atoms with Crippen molar-refractivity contribution in [1.82, 2.24) is 15.2 Å². The third-order valence-corrected chi connectivity index (χ3v) is 6.09. The number of piperidine rings is 1. The van der Waals surface area contributed by atoms with Crippen LogP contribution in [0.25, 0.3) is 0 Å². The molecule has 0 atom stereocenters. The molecule has 0 unspecified atom stereocenters. The van der Waals surface area contributed by atoms with Crippen molar-refractivity contribution in [2.45, 2.75) is 38.8 Å². The van der Waals surface area contributed by atoms with Gasteiger partial charge in [0.25, 0.3) is 0 Å². The highest BCUT2D eigenvalue weighted by molar-refractivity contribution is 5.79. The number of hydrogen-bond acceptors (Lipinski definition) is 8. The second-order valence-corrected chi connectivity index (χ2v) is 8.12. The summed E-state index contributed by atoms with van der Waals surface area (Å²) in [4.78, 5) is 17.5. The van der Waals surface area contributed by atoms with Crippen LogP contribution >= 0.6 is 0 Å². The molecule has 0 saturated carbocycles. The van der Waals surface area contributed by atoms with Gasteiger partial charge < -0.3 is 23.7 Å². The van der Waals surface area contributed by atoms with Crippen LogP contribution in [0.3, 0.4) is 0 Å². The lowest BCUT2D eigenvalue weighted by Crippen LogP contribution is -2.47. The number of hydrogen-bond donors (Lipinski definition) is 0. The average Bonchev–Trinajstić information content (AvgIpc) is 3.49. The number of anilines is 1. The maximum Gasteiger partial charge on any atom is 0.229 e. The van der Waals surface area contributed by atoms with E-state index in [1.54, 1.807) is 13.2 Å². The first-order valence-electron chi connectivity index (χ1n) is 10.9. The SMILES string of the molecule is Cc1nonc1CC(=O)N(Cc1ccco1)C1CCN(c2ccc3c(c2)OCCO3)CC1. The third-order valence-electron chi connectivity index (χ3n) is 6.09. The number of rotatable bonds is 6. The zero-order chi connectivity index (χ0) is 21.9. The monoisotopic (exact) mass is 438 g/mol. The van der Waals surface area contributed by atoms with Gasteiger partial charge in [-0.05, 0) is 44.0 Å². The first kappa shape index (κ1) is 20.4. The summed E-state index contributed by atoms with van der Waals surface area (Å²) in [6, 6.07) is 9.93. The topological polar surface area (TPSA) is 94.1 Å². The maximum atomic E-state index is 13.2. The second-order valence-electron chi connectivity index (χ2n) is 8.12. The van der Waals surface area contributed by atoms with Crippen molar-refractivity contribution in [3.05, 3.63) is 53.7 Å². The van der Waals surface area contributed by atoms with Gasteiger partial charge in [0.1, 0.15) is 30.4 Å². The van der Waals surface area contributed by atoms with Crippen LogP contribution in [-0.4, -0.2) is 53.5 Å². The van der Waals surface area contributed by atoms with Crippen molar-refractivity contribution in [2.75, 3.05) is 31.2 Å². The Labute approximate surface area is 185 Å². The van der Waals surface area contributed by atoms with Crippen molar-refractivity contribution in [1.29, 1.82) is 0 Å². The Morgan fingerprint density at radius 2 is 1.94 bits per heavy atom. The number of fused-ring (bicyclic) bond motifs is 1. The molecule has 2 aromatic heterocycles. The highest BCUT2D eigenvalue weighted by atomic mass is 16.6. The Kier molecular flexibility index (Phi) is 5.70. The number of aryl methyl sites for hydroxylation is 1. The minimum Gasteiger partial charge on any atom is -0.486 e. The summed E-state index contributed by atoms with van der Waals surface area (Å²) in [6.07, 6.45) is 3.51. The number of nitrogens with zero attached hydrogens (tertiary/aromatic N) is 4. The van der Waals surface area contributed by atoms with Crippen LogP contribution in [0.15, 0.2) is 45.6 Å². The van der Waals surface area contributed by atoms with E-state index in [0.29, 0.717) is 31.1 Å². The smallest absolute Gasteiger partial charge is 0.229 e. The molecule has 5 rings (SSSR count). The van der Waals surface area contributed by atoms with Crippen LogP contribution < -0.4 is 14.4 Å². The van der Waals surface area contributed by atoms with E-state index in [0.717, 1.165) is 48.9 Å². The molecule has 2 aliphatic rings. The number of carbonyl (C=O) groups is 1. The first-order chi connectivity index (χ1) is 15.7. The average molecular weight is 438 g/mol. The van der Waals surface area contributed by atoms with Crippen molar-refractivity contribution >= 4 is 11.6 Å². The lowest BCUT2D eigenvalue weighted by Gasteiger charge is -2.39. The minimum absolute atomic E-state index is 0.00187. The summed E-state index contributed by atoms with van der Waals surface area (Å²) in [5.41, 5.74) is 2.33. The molecular weight excluding hydrogens is 412 g/mol. The fraction of sp³-hybridized carbons (Fsp3) is 0.435. The standard InChI is InChI=1S/C23H26N4O5/c1-16-20(25-32-24-16)14-23(28)27(15-19-3-2-10-29-19)17-6-8-26(9-7-17)18-4-5-21-22(13-18)31-12-11-30-21/h2-5,10,13,17H,6-9,11-12,14-15H2,1H3. The van der Waals surface area contributed by atoms with Gasteiger partial charge in [-0.2, -0.15) is 0 Å². The fourth-order valence-corrected chi connectivity index (χ4v) is 4.31. The fourth-order valence-electron chi connectivity index (χ4n) is 4.31. The van der Waals surface area contributed by atoms with Crippen molar-refractivity contribution < 1.29 is 23.3 Å². The Morgan fingerprint density at radius 1 is 1.12 bits per heavy atom. The van der Waals surface area contributed by atoms with Crippen molar-refractivity contribution in [2.24, 2.45) is 0 Å². The van der Waals surface area contributed by atoms with E-state index in [9.17, 15) is 4.79 Å². The predicted molar refractivity (Wildman–Crippen MR) is 115 cm³/mol. The maximum absolute atomic E-state index is 13.2. The van der Waals surface area contributed by atoms with E-state index >= 15 is 0 Å². The molecule has 9 heteroatoms. The highest BCUT2D eigenvalue weighted by Crippen LogP contribution is 2.35. The normalized spacial score (nSPS) is 16.2. The van der Waals surface area contributed by atoms with Crippen molar-refractivity contribution in [3.63, 3.8) is 0 Å². The van der Waals surface area contributed by atoms with Crippen LogP contribution in [0.2, 0.25) is 0 Å². The van der Waals surface area contributed by atoms with E-state index in [2.05, 4.69) is 21.3 Å². The highest BCUT2D eigenvalue weighted by Gasteiger charge is 2.30. The van der Waals surface area contributed by atoms with Gasteiger partial charge in [0.15, 0.2) is 11.5 Å². The van der Waals surface area contributed by atoms with Gasteiger partial charge in [0.2, 0.25) is 5.91 Å². The number of furan rings is 1. The van der Waals surface area contributed by atoms with E-state index in [-0.39, 0.29) is 18.4 Å². The molecule has 168 valence electrons. The van der Waals surface area contributed by atoms with Gasteiger partial charge >= 0.3 is 0 Å². The molecule has 2 aliphatic heterocycles. The van der Waals surface area contributed by atoms with E-state index in [1.807, 2.05) is 29.2 Å². The summed E-state index contributed by atoms with van der Waals surface area (Å²) in [5.74, 6) is 2.35. The second kappa shape index (κ2) is 8.94. The molecule has 0 radical (unpaired) electrons. The quantitative estimate of drug-likeness (QED) is 0.580. The lowest BCUT2D eigenvalue weighted by molar-refractivity contribution is -0.134. The van der Waals surface area contributed by atoms with Crippen LogP contribution in [0.1, 0.15) is 30.0 Å². The van der Waals surface area contributed by atoms with E-state index < -0.39 is 0 Å². The van der Waals surface area contributed by atoms with Crippen molar-refractivity contribution in [3.8, 4) is 11.5 Å². The largest absolute Gasteiger partial charge is 0.486 e. The molecule has 1 fully saturated rings. The Balaban J connectivity index is 1.28. The summed E-state index contributed by atoms with van der Waals surface area (Å²) in [6.45, 7) is 5.07. The molecule has 0 N–H and O–H groups in total. The van der Waals surface area contributed by atoms with Gasteiger partial charge in [0, 0.05) is 30.9 Å². The van der Waals surface area contributed by atoms with E-state index in [4.69, 9.17) is 18.5 Å². The molecule has 0 spiro atoms. The third kappa shape index (κ3) is 4.28. The van der Waals surface area contributed by atoms with Gasteiger partial charge in [-0.25, -0.2) is 4.63 Å². The summed E-state index contributed by atoms with van der Waals surface area (Å²) in [7, 11) is 0.